The van der Waals surface area contributed by atoms with Gasteiger partial charge in [-0.3, -0.25) is 14.4 Å². The monoisotopic (exact) mass is 863 g/mol. The van der Waals surface area contributed by atoms with Gasteiger partial charge in [-0.1, -0.05) is 234 Å². The molecule has 0 amide bonds. The average molecular weight is 863 g/mol. The molecule has 0 radical (unpaired) electrons. The van der Waals surface area contributed by atoms with Crippen molar-refractivity contribution < 1.29 is 28.6 Å². The Morgan fingerprint density at radius 2 is 0.629 bits per heavy atom. The molecular formula is C56H94O6. The smallest absolute Gasteiger partial charge is 0.306 e. The Balaban J connectivity index is 4.51. The summed E-state index contributed by atoms with van der Waals surface area (Å²) >= 11 is 0. The van der Waals surface area contributed by atoms with Gasteiger partial charge in [0.1, 0.15) is 13.2 Å². The highest BCUT2D eigenvalue weighted by Crippen LogP contribution is 2.14. The first-order valence-electron chi connectivity index (χ1n) is 25.7. The molecule has 0 saturated heterocycles. The third kappa shape index (κ3) is 47.6. The molecule has 0 fully saturated rings. The first-order chi connectivity index (χ1) is 30.5. The summed E-state index contributed by atoms with van der Waals surface area (Å²) in [6.07, 6.45) is 64.2. The van der Waals surface area contributed by atoms with Crippen LogP contribution in [0, 0.1) is 0 Å². The summed E-state index contributed by atoms with van der Waals surface area (Å²) in [4.78, 5) is 37.9. The fourth-order valence-corrected chi connectivity index (χ4v) is 6.92. The van der Waals surface area contributed by atoms with E-state index in [0.717, 1.165) is 77.0 Å². The predicted molar refractivity (Wildman–Crippen MR) is 265 cm³/mol. The summed E-state index contributed by atoms with van der Waals surface area (Å²) in [6.45, 7) is 6.43. The molecule has 0 aromatic heterocycles. The van der Waals surface area contributed by atoms with E-state index in [0.29, 0.717) is 19.3 Å². The highest BCUT2D eigenvalue weighted by atomic mass is 16.6. The molecule has 0 rings (SSSR count). The zero-order valence-electron chi connectivity index (χ0n) is 40.4. The molecular weight excluding hydrogens is 769 g/mol. The molecule has 0 aliphatic rings. The minimum absolute atomic E-state index is 0.101. The van der Waals surface area contributed by atoms with Crippen LogP contribution in [0.1, 0.15) is 233 Å². The van der Waals surface area contributed by atoms with E-state index in [1.54, 1.807) is 0 Å². The number of allylic oxidation sites excluding steroid dienone is 14. The second-order valence-corrected chi connectivity index (χ2v) is 16.9. The van der Waals surface area contributed by atoms with E-state index >= 15 is 0 Å². The van der Waals surface area contributed by atoms with Gasteiger partial charge in [0.05, 0.1) is 0 Å². The number of hydrogen-bond donors (Lipinski definition) is 0. The number of carbonyl (C=O) groups is 3. The van der Waals surface area contributed by atoms with Crippen LogP contribution < -0.4 is 0 Å². The second-order valence-electron chi connectivity index (χ2n) is 16.9. The lowest BCUT2D eigenvalue weighted by Gasteiger charge is -2.18. The molecule has 1 unspecified atom stereocenters. The highest BCUT2D eigenvalue weighted by Gasteiger charge is 2.19. The van der Waals surface area contributed by atoms with Crippen molar-refractivity contribution in [2.45, 2.75) is 239 Å². The first kappa shape index (κ1) is 58.6. The van der Waals surface area contributed by atoms with Gasteiger partial charge in [-0.2, -0.15) is 0 Å². The van der Waals surface area contributed by atoms with Gasteiger partial charge in [0.2, 0.25) is 0 Å². The standard InChI is InChI=1S/C56H94O6/c1-4-7-10-13-16-19-22-25-27-29-31-34-37-40-43-46-49-55(58)61-52-53(51-60-54(57)48-45-42-39-36-33-30-24-21-18-15-12-9-6-3)62-56(59)50-47-44-41-38-35-32-28-26-23-20-17-14-11-8-5-2/h8,11,14,17,20,23,26-29,31-32,34-35,53H,4-7,9-10,12-13,15-16,18-19,21-22,24-25,30,33,36-52H2,1-3H3/b11-8-,17-14-,23-20-,28-26-,29-27-,34-31-,35-32-. The molecule has 1 atom stereocenters. The lowest BCUT2D eigenvalue weighted by Crippen LogP contribution is -2.30. The molecule has 354 valence electrons. The maximum absolute atomic E-state index is 12.8. The van der Waals surface area contributed by atoms with E-state index in [9.17, 15) is 14.4 Å². The van der Waals surface area contributed by atoms with Crippen LogP contribution in [0.25, 0.3) is 0 Å². The van der Waals surface area contributed by atoms with E-state index in [2.05, 4.69) is 57.2 Å². The third-order valence-electron chi connectivity index (χ3n) is 10.8. The molecule has 0 aliphatic carbocycles. The second kappa shape index (κ2) is 50.2. The number of unbranched alkanes of at least 4 members (excludes halogenated alkanes) is 25. The number of hydrogen-bond acceptors (Lipinski definition) is 6. The van der Waals surface area contributed by atoms with Gasteiger partial charge in [-0.15, -0.1) is 0 Å². The Morgan fingerprint density at radius 3 is 1.02 bits per heavy atom. The predicted octanol–water partition coefficient (Wildman–Crippen LogP) is 16.8. The number of rotatable bonds is 45. The summed E-state index contributed by atoms with van der Waals surface area (Å²) in [5.74, 6) is -0.971. The van der Waals surface area contributed by atoms with Gasteiger partial charge in [-0.25, -0.2) is 0 Å². The minimum atomic E-state index is -0.807. The maximum Gasteiger partial charge on any atom is 0.306 e. The van der Waals surface area contributed by atoms with E-state index in [1.165, 1.54) is 109 Å². The van der Waals surface area contributed by atoms with Crippen LogP contribution in [0.3, 0.4) is 0 Å². The molecule has 62 heavy (non-hydrogen) atoms. The normalized spacial score (nSPS) is 12.8. The van der Waals surface area contributed by atoms with Crippen molar-refractivity contribution >= 4 is 17.9 Å². The van der Waals surface area contributed by atoms with Gasteiger partial charge in [0.25, 0.3) is 0 Å². The van der Waals surface area contributed by atoms with E-state index in [1.807, 2.05) is 48.6 Å². The Bertz CT molecular complexity index is 1220. The number of carbonyl (C=O) groups excluding carboxylic acids is 3. The Labute approximate surface area is 382 Å². The highest BCUT2D eigenvalue weighted by molar-refractivity contribution is 5.71. The lowest BCUT2D eigenvalue weighted by atomic mass is 10.0. The molecule has 0 bridgehead atoms. The lowest BCUT2D eigenvalue weighted by molar-refractivity contribution is -0.167. The zero-order chi connectivity index (χ0) is 45.1. The van der Waals surface area contributed by atoms with Crippen molar-refractivity contribution in [1.82, 2.24) is 0 Å². The van der Waals surface area contributed by atoms with Crippen molar-refractivity contribution in [1.29, 1.82) is 0 Å². The van der Waals surface area contributed by atoms with E-state index < -0.39 is 6.10 Å². The van der Waals surface area contributed by atoms with Crippen molar-refractivity contribution in [3.8, 4) is 0 Å². The van der Waals surface area contributed by atoms with E-state index in [4.69, 9.17) is 14.2 Å². The fourth-order valence-electron chi connectivity index (χ4n) is 6.92. The summed E-state index contributed by atoms with van der Waals surface area (Å²) in [7, 11) is 0. The quantitative estimate of drug-likeness (QED) is 0.0263. The molecule has 0 aromatic carbocycles. The van der Waals surface area contributed by atoms with Crippen LogP contribution in [0.5, 0.6) is 0 Å². The molecule has 0 spiro atoms. The van der Waals surface area contributed by atoms with Crippen molar-refractivity contribution in [2.75, 3.05) is 13.2 Å². The average Bonchev–Trinajstić information content (AvgIpc) is 3.27. The first-order valence-corrected chi connectivity index (χ1v) is 25.7. The molecule has 0 aliphatic heterocycles. The van der Waals surface area contributed by atoms with Crippen molar-refractivity contribution in [3.63, 3.8) is 0 Å². The zero-order valence-corrected chi connectivity index (χ0v) is 40.4. The van der Waals surface area contributed by atoms with Gasteiger partial charge >= 0.3 is 17.9 Å². The fraction of sp³-hybridized carbons (Fsp3) is 0.696. The van der Waals surface area contributed by atoms with Crippen LogP contribution in [0.2, 0.25) is 0 Å². The van der Waals surface area contributed by atoms with Crippen LogP contribution in [-0.2, 0) is 28.6 Å². The molecule has 0 saturated carbocycles. The number of ether oxygens (including phenoxy) is 3. The summed E-state index contributed by atoms with van der Waals surface area (Å²) in [5.41, 5.74) is 0. The van der Waals surface area contributed by atoms with Crippen LogP contribution in [0.15, 0.2) is 85.1 Å². The summed E-state index contributed by atoms with van der Waals surface area (Å²) in [5, 5.41) is 0. The minimum Gasteiger partial charge on any atom is -0.462 e. The molecule has 0 N–H and O–H groups in total. The summed E-state index contributed by atoms with van der Waals surface area (Å²) in [6, 6.07) is 0. The van der Waals surface area contributed by atoms with Gasteiger partial charge in [0.15, 0.2) is 6.10 Å². The molecule has 6 nitrogen and oxygen atoms in total. The van der Waals surface area contributed by atoms with Gasteiger partial charge in [0, 0.05) is 19.3 Å². The van der Waals surface area contributed by atoms with Crippen molar-refractivity contribution in [2.24, 2.45) is 0 Å². The van der Waals surface area contributed by atoms with Gasteiger partial charge < -0.3 is 14.2 Å². The SMILES string of the molecule is CC\C=C/C=C\C=C/C=C\C=C/CCCCCC(=O)OC(COC(=O)CCCCC/C=C\C=C/CCCCCCCCC)COC(=O)CCCCCCCCCCCCCCC. The molecule has 0 heterocycles. The number of esters is 3. The topological polar surface area (TPSA) is 78.9 Å². The maximum atomic E-state index is 12.8. The third-order valence-corrected chi connectivity index (χ3v) is 10.8. The van der Waals surface area contributed by atoms with Crippen molar-refractivity contribution in [3.05, 3.63) is 85.1 Å². The van der Waals surface area contributed by atoms with E-state index in [-0.39, 0.29) is 37.5 Å². The molecule has 0 aromatic rings. The largest absolute Gasteiger partial charge is 0.462 e. The Kier molecular flexibility index (Phi) is 47.5. The summed E-state index contributed by atoms with van der Waals surface area (Å²) < 4.78 is 16.7. The van der Waals surface area contributed by atoms with Crippen LogP contribution >= 0.6 is 0 Å². The molecule has 6 heteroatoms. The Hall–Kier alpha value is -3.41. The van der Waals surface area contributed by atoms with Gasteiger partial charge in [-0.05, 0) is 64.2 Å². The Morgan fingerprint density at radius 1 is 0.339 bits per heavy atom. The van der Waals surface area contributed by atoms with Crippen LogP contribution in [-0.4, -0.2) is 37.2 Å². The van der Waals surface area contributed by atoms with Crippen LogP contribution in [0.4, 0.5) is 0 Å².